The number of fused-ring (bicyclic) bond motifs is 1. The Morgan fingerprint density at radius 3 is 3.17 bits per heavy atom. The lowest BCUT2D eigenvalue weighted by Gasteiger charge is -2.01. The van der Waals surface area contributed by atoms with Crippen LogP contribution in [-0.2, 0) is 11.2 Å². The summed E-state index contributed by atoms with van der Waals surface area (Å²) >= 11 is 3.28. The van der Waals surface area contributed by atoms with Crippen LogP contribution in [0.3, 0.4) is 0 Å². The number of hydrogen-bond acceptors (Lipinski definition) is 2. The van der Waals surface area contributed by atoms with Gasteiger partial charge in [0.1, 0.15) is 16.1 Å². The summed E-state index contributed by atoms with van der Waals surface area (Å²) < 4.78 is 2.47. The van der Waals surface area contributed by atoms with Gasteiger partial charge in [0.15, 0.2) is 0 Å². The van der Waals surface area contributed by atoms with Gasteiger partial charge in [-0.05, 0) is 22.0 Å². The van der Waals surface area contributed by atoms with Crippen molar-refractivity contribution in [2.45, 2.75) is 6.42 Å². The van der Waals surface area contributed by atoms with E-state index in [1.165, 1.54) is 0 Å². The molecule has 5 heteroatoms. The number of carbonyl (C=O) groups is 1. The number of imidazole rings is 1. The van der Waals surface area contributed by atoms with E-state index in [1.54, 1.807) is 16.8 Å². The summed E-state index contributed by atoms with van der Waals surface area (Å²) in [6.07, 6.45) is 4.10. The molecule has 1 aliphatic rings. The van der Waals surface area contributed by atoms with Gasteiger partial charge in [0.05, 0.1) is 6.20 Å². The number of primary amides is 1. The van der Waals surface area contributed by atoms with E-state index in [2.05, 4.69) is 20.9 Å². The number of nitrogens with zero attached hydrogens (tertiary/aromatic N) is 2. The maximum absolute atomic E-state index is 10.9. The second-order valence-electron chi connectivity index (χ2n) is 2.49. The normalized spacial score (nSPS) is 14.2. The van der Waals surface area contributed by atoms with Crippen LogP contribution in [0.25, 0.3) is 5.70 Å². The quantitative estimate of drug-likeness (QED) is 0.761. The Balaban J connectivity index is 2.56. The van der Waals surface area contributed by atoms with Crippen LogP contribution in [0.5, 0.6) is 0 Å². The third-order valence-electron chi connectivity index (χ3n) is 1.76. The molecule has 0 bridgehead atoms. The molecule has 12 heavy (non-hydrogen) atoms. The lowest BCUT2D eigenvalue weighted by molar-refractivity contribution is -0.113. The largest absolute Gasteiger partial charge is 0.364 e. The van der Waals surface area contributed by atoms with E-state index in [9.17, 15) is 4.79 Å². The minimum absolute atomic E-state index is 0.424. The summed E-state index contributed by atoms with van der Waals surface area (Å²) in [6.45, 7) is 0. The Hall–Kier alpha value is -1.10. The highest BCUT2D eigenvalue weighted by Crippen LogP contribution is 2.24. The molecule has 2 heterocycles. The summed E-state index contributed by atoms with van der Waals surface area (Å²) in [7, 11) is 0. The van der Waals surface area contributed by atoms with Gasteiger partial charge in [0.25, 0.3) is 5.91 Å². The molecule has 2 rings (SSSR count). The lowest BCUT2D eigenvalue weighted by atomic mass is 10.4. The molecule has 4 nitrogen and oxygen atoms in total. The number of aromatic nitrogens is 2. The molecule has 0 saturated carbocycles. The SMILES string of the molecule is NC(=O)C1=CCc2ncc(Br)n21. The molecule has 1 aliphatic heterocycles. The third kappa shape index (κ3) is 0.896. The molecular weight excluding hydrogens is 222 g/mol. The Labute approximate surface area is 77.2 Å². The van der Waals surface area contributed by atoms with Crippen LogP contribution in [0.15, 0.2) is 16.9 Å². The van der Waals surface area contributed by atoms with Crippen molar-refractivity contribution in [3.8, 4) is 0 Å². The molecule has 2 N–H and O–H groups in total. The van der Waals surface area contributed by atoms with Crippen LogP contribution in [-0.4, -0.2) is 15.5 Å². The first-order valence-electron chi connectivity index (χ1n) is 3.42. The number of amides is 1. The van der Waals surface area contributed by atoms with Crippen LogP contribution in [0.1, 0.15) is 5.82 Å². The molecule has 0 atom stereocenters. The van der Waals surface area contributed by atoms with Gasteiger partial charge in [-0.1, -0.05) is 0 Å². The predicted octanol–water partition coefficient (Wildman–Crippen LogP) is 0.528. The Morgan fingerprint density at radius 1 is 1.75 bits per heavy atom. The molecule has 0 unspecified atom stereocenters. The first-order valence-corrected chi connectivity index (χ1v) is 4.22. The van der Waals surface area contributed by atoms with E-state index >= 15 is 0 Å². The van der Waals surface area contributed by atoms with Crippen LogP contribution in [0.4, 0.5) is 0 Å². The highest BCUT2D eigenvalue weighted by Gasteiger charge is 2.20. The first-order chi connectivity index (χ1) is 5.70. The van der Waals surface area contributed by atoms with Crippen molar-refractivity contribution in [3.05, 3.63) is 22.7 Å². The molecule has 0 aliphatic carbocycles. The monoisotopic (exact) mass is 227 g/mol. The molecular formula is C7H6BrN3O. The maximum Gasteiger partial charge on any atom is 0.265 e. The van der Waals surface area contributed by atoms with Gasteiger partial charge in [-0.15, -0.1) is 0 Å². The molecule has 1 amide bonds. The first kappa shape index (κ1) is 7.54. The molecule has 0 saturated heterocycles. The topological polar surface area (TPSA) is 60.9 Å². The summed E-state index contributed by atoms with van der Waals surface area (Å²) in [5, 5.41) is 0. The van der Waals surface area contributed by atoms with Gasteiger partial charge < -0.3 is 5.73 Å². The lowest BCUT2D eigenvalue weighted by Crippen LogP contribution is -2.16. The average Bonchev–Trinajstić information content (AvgIpc) is 2.53. The zero-order valence-electron chi connectivity index (χ0n) is 6.12. The van der Waals surface area contributed by atoms with E-state index < -0.39 is 5.91 Å². The van der Waals surface area contributed by atoms with Crippen LogP contribution >= 0.6 is 15.9 Å². The van der Waals surface area contributed by atoms with E-state index in [0.29, 0.717) is 12.1 Å². The van der Waals surface area contributed by atoms with Gasteiger partial charge >= 0.3 is 0 Å². The van der Waals surface area contributed by atoms with E-state index in [0.717, 1.165) is 10.4 Å². The molecule has 62 valence electrons. The van der Waals surface area contributed by atoms with Crippen molar-refractivity contribution in [1.82, 2.24) is 9.55 Å². The molecule has 0 radical (unpaired) electrons. The van der Waals surface area contributed by atoms with Gasteiger partial charge in [0.2, 0.25) is 0 Å². The Bertz CT molecular complexity index is 380. The minimum atomic E-state index is -0.424. The van der Waals surface area contributed by atoms with Gasteiger partial charge in [-0.2, -0.15) is 0 Å². The number of carbonyl (C=O) groups excluding carboxylic acids is 1. The Morgan fingerprint density at radius 2 is 2.50 bits per heavy atom. The minimum Gasteiger partial charge on any atom is -0.364 e. The zero-order chi connectivity index (χ0) is 8.72. The van der Waals surface area contributed by atoms with Crippen molar-refractivity contribution >= 4 is 27.5 Å². The maximum atomic E-state index is 10.9. The number of hydrogen-bond donors (Lipinski definition) is 1. The highest BCUT2D eigenvalue weighted by molar-refractivity contribution is 9.10. The summed E-state index contributed by atoms with van der Waals surface area (Å²) in [4.78, 5) is 15.0. The van der Waals surface area contributed by atoms with Gasteiger partial charge in [-0.3, -0.25) is 9.36 Å². The molecule has 0 spiro atoms. The van der Waals surface area contributed by atoms with Crippen molar-refractivity contribution in [2.75, 3.05) is 0 Å². The summed E-state index contributed by atoms with van der Waals surface area (Å²) in [5.74, 6) is 0.420. The third-order valence-corrected chi connectivity index (χ3v) is 2.32. The van der Waals surface area contributed by atoms with E-state index in [-0.39, 0.29) is 0 Å². The molecule has 1 aromatic rings. The van der Waals surface area contributed by atoms with Crippen LogP contribution < -0.4 is 5.73 Å². The van der Waals surface area contributed by atoms with Gasteiger partial charge in [0, 0.05) is 6.42 Å². The van der Waals surface area contributed by atoms with E-state index in [4.69, 9.17) is 5.73 Å². The number of halogens is 1. The fourth-order valence-electron chi connectivity index (χ4n) is 1.25. The smallest absolute Gasteiger partial charge is 0.265 e. The van der Waals surface area contributed by atoms with Crippen molar-refractivity contribution in [2.24, 2.45) is 5.73 Å². The number of rotatable bonds is 1. The fraction of sp³-hybridized carbons (Fsp3) is 0.143. The van der Waals surface area contributed by atoms with Crippen molar-refractivity contribution < 1.29 is 4.79 Å². The predicted molar refractivity (Wildman–Crippen MR) is 47.1 cm³/mol. The zero-order valence-corrected chi connectivity index (χ0v) is 7.71. The number of allylic oxidation sites excluding steroid dienone is 1. The standard InChI is InChI=1S/C7H6BrN3O/c8-5-3-10-6-2-1-4(7(9)12)11(5)6/h1,3H,2H2,(H2,9,12). The summed E-state index contributed by atoms with van der Waals surface area (Å²) in [6, 6.07) is 0. The average molecular weight is 228 g/mol. The second-order valence-corrected chi connectivity index (χ2v) is 3.30. The van der Waals surface area contributed by atoms with Crippen LogP contribution in [0.2, 0.25) is 0 Å². The molecule has 0 aromatic carbocycles. The molecule has 1 aromatic heterocycles. The highest BCUT2D eigenvalue weighted by atomic mass is 79.9. The fourth-order valence-corrected chi connectivity index (χ4v) is 1.75. The molecule has 0 fully saturated rings. The second kappa shape index (κ2) is 2.45. The van der Waals surface area contributed by atoms with Crippen molar-refractivity contribution in [3.63, 3.8) is 0 Å². The number of nitrogens with two attached hydrogens (primary N) is 1. The summed E-state index contributed by atoms with van der Waals surface area (Å²) in [5.41, 5.74) is 5.66. The van der Waals surface area contributed by atoms with E-state index in [1.807, 2.05) is 0 Å². The Kier molecular flexibility index (Phi) is 1.54. The van der Waals surface area contributed by atoms with Crippen molar-refractivity contribution in [1.29, 1.82) is 0 Å². The van der Waals surface area contributed by atoms with Gasteiger partial charge in [-0.25, -0.2) is 4.98 Å². The van der Waals surface area contributed by atoms with Crippen LogP contribution in [0, 0.1) is 0 Å².